The van der Waals surface area contributed by atoms with Gasteiger partial charge in [0.25, 0.3) is 0 Å². The number of aryl methyl sites for hydroxylation is 1. The Labute approximate surface area is 216 Å². The van der Waals surface area contributed by atoms with Crippen molar-refractivity contribution < 1.29 is 16.5 Å². The lowest BCUT2D eigenvalue weighted by Gasteiger charge is -2.43. The van der Waals surface area contributed by atoms with Gasteiger partial charge in [0.1, 0.15) is 0 Å². The molecule has 1 aromatic rings. The second-order valence-corrected chi connectivity index (χ2v) is 30.8. The third-order valence-electron chi connectivity index (χ3n) is 5.95. The van der Waals surface area contributed by atoms with Crippen LogP contribution in [0.2, 0.25) is 70.5 Å². The summed E-state index contributed by atoms with van der Waals surface area (Å²) < 4.78 is 27.6. The van der Waals surface area contributed by atoms with E-state index in [2.05, 4.69) is 103 Å². The van der Waals surface area contributed by atoms with Gasteiger partial charge in [0.05, 0.1) is 0 Å². The number of hydrogen-bond donors (Lipinski definition) is 0. The molecule has 2 unspecified atom stereocenters. The van der Waals surface area contributed by atoms with Crippen molar-refractivity contribution in [1.82, 2.24) is 0 Å². The fourth-order valence-corrected chi connectivity index (χ4v) is 29.1. The van der Waals surface area contributed by atoms with Gasteiger partial charge in [0.2, 0.25) is 0 Å². The van der Waals surface area contributed by atoms with Gasteiger partial charge in [0, 0.05) is 0 Å². The lowest BCUT2D eigenvalue weighted by Crippen LogP contribution is -2.60. The third-order valence-corrected chi connectivity index (χ3v) is 26.2. The average molecular weight is 557 g/mol. The Bertz CT molecular complexity index is 744. The Morgan fingerprint density at radius 1 is 0.706 bits per heavy atom. The largest absolute Gasteiger partial charge is 0.436 e. The first-order valence-corrected chi connectivity index (χ1v) is 27.0. The van der Waals surface area contributed by atoms with Crippen molar-refractivity contribution in [2.24, 2.45) is 0 Å². The molecule has 0 heterocycles. The van der Waals surface area contributed by atoms with E-state index in [1.165, 1.54) is 24.4 Å². The maximum absolute atomic E-state index is 7.03. The number of hydrogen-bond acceptors (Lipinski definition) is 4. The minimum Gasteiger partial charge on any atom is -0.436 e. The standard InChI is InChI=1S/C25H52O4Si5/c1-12-15-23-31(6,7)26-32(8,9)28-33(10,14-3)29-34(11,27-30(4,5)22-13-2)24-21-25-19-17-16-18-20-25/h14,16-20H,3,12-13,15,21-24H2,1-2,4-11H3. The lowest BCUT2D eigenvalue weighted by molar-refractivity contribution is 0.297. The van der Waals surface area contributed by atoms with Gasteiger partial charge in [-0.25, -0.2) is 0 Å². The summed E-state index contributed by atoms with van der Waals surface area (Å²) in [4.78, 5) is 0. The highest BCUT2D eigenvalue weighted by molar-refractivity contribution is 6.92. The van der Waals surface area contributed by atoms with Crippen molar-refractivity contribution in [2.75, 3.05) is 0 Å². The second-order valence-electron chi connectivity index (χ2n) is 11.5. The van der Waals surface area contributed by atoms with Gasteiger partial charge in [-0.15, -0.1) is 6.58 Å². The maximum Gasteiger partial charge on any atom is 0.343 e. The van der Waals surface area contributed by atoms with Gasteiger partial charge >= 0.3 is 25.7 Å². The molecule has 0 aromatic heterocycles. The highest BCUT2D eigenvalue weighted by Gasteiger charge is 2.48. The van der Waals surface area contributed by atoms with Crippen LogP contribution in [0, 0.1) is 0 Å². The summed E-state index contributed by atoms with van der Waals surface area (Å²) in [6.45, 7) is 26.6. The van der Waals surface area contributed by atoms with E-state index in [1.807, 2.05) is 5.70 Å². The van der Waals surface area contributed by atoms with Crippen LogP contribution in [0.1, 0.15) is 38.7 Å². The van der Waals surface area contributed by atoms with Crippen molar-refractivity contribution in [3.05, 3.63) is 48.2 Å². The van der Waals surface area contributed by atoms with E-state index in [-0.39, 0.29) is 0 Å². The molecule has 196 valence electrons. The Hall–Kier alpha value is -0.116. The molecular formula is C25H52O4Si5. The summed E-state index contributed by atoms with van der Waals surface area (Å²) in [6, 6.07) is 13.9. The minimum absolute atomic E-state index is 0.913. The van der Waals surface area contributed by atoms with Crippen molar-refractivity contribution in [2.45, 2.75) is 110 Å². The fraction of sp³-hybridized carbons (Fsp3) is 0.680. The molecule has 0 amide bonds. The van der Waals surface area contributed by atoms with Crippen LogP contribution in [0.25, 0.3) is 0 Å². The predicted molar refractivity (Wildman–Crippen MR) is 160 cm³/mol. The number of unbranched alkanes of at least 4 members (excludes halogenated alkanes) is 1. The van der Waals surface area contributed by atoms with E-state index >= 15 is 0 Å². The molecule has 1 aromatic carbocycles. The monoisotopic (exact) mass is 556 g/mol. The van der Waals surface area contributed by atoms with Gasteiger partial charge in [-0.1, -0.05) is 69.1 Å². The van der Waals surface area contributed by atoms with Gasteiger partial charge in [0.15, 0.2) is 16.6 Å². The van der Waals surface area contributed by atoms with E-state index in [9.17, 15) is 0 Å². The van der Waals surface area contributed by atoms with E-state index in [0.717, 1.165) is 24.9 Å². The second kappa shape index (κ2) is 13.4. The molecule has 0 aliphatic carbocycles. The molecule has 0 bridgehead atoms. The molecule has 0 aliphatic heterocycles. The normalized spacial score (nSPS) is 16.6. The smallest absolute Gasteiger partial charge is 0.343 e. The first-order chi connectivity index (χ1) is 15.6. The molecule has 9 heteroatoms. The molecular weight excluding hydrogens is 505 g/mol. The highest BCUT2D eigenvalue weighted by Crippen LogP contribution is 2.31. The van der Waals surface area contributed by atoms with Gasteiger partial charge < -0.3 is 16.5 Å². The van der Waals surface area contributed by atoms with Gasteiger partial charge in [-0.3, -0.25) is 0 Å². The van der Waals surface area contributed by atoms with E-state index < -0.39 is 42.3 Å². The first kappa shape index (κ1) is 31.9. The topological polar surface area (TPSA) is 36.9 Å². The Balaban J connectivity index is 3.10. The molecule has 0 spiro atoms. The summed E-state index contributed by atoms with van der Waals surface area (Å²) >= 11 is 0. The zero-order valence-corrected chi connectivity index (χ0v) is 28.8. The highest BCUT2D eigenvalue weighted by atomic mass is 28.5. The van der Waals surface area contributed by atoms with Crippen molar-refractivity contribution >= 4 is 42.3 Å². The summed E-state index contributed by atoms with van der Waals surface area (Å²) in [5.41, 5.74) is 3.27. The van der Waals surface area contributed by atoms with E-state index in [0.29, 0.717) is 0 Å². The van der Waals surface area contributed by atoms with Crippen molar-refractivity contribution in [3.63, 3.8) is 0 Å². The van der Waals surface area contributed by atoms with Crippen LogP contribution in [0.3, 0.4) is 0 Å². The Morgan fingerprint density at radius 3 is 1.82 bits per heavy atom. The quantitative estimate of drug-likeness (QED) is 0.180. The third kappa shape index (κ3) is 12.2. The first-order valence-electron chi connectivity index (χ1n) is 13.1. The summed E-state index contributed by atoms with van der Waals surface area (Å²) in [5.74, 6) is 0. The van der Waals surface area contributed by atoms with Crippen molar-refractivity contribution in [3.8, 4) is 0 Å². The molecule has 0 saturated heterocycles. The molecule has 0 N–H and O–H groups in total. The van der Waals surface area contributed by atoms with Gasteiger partial charge in [-0.05, 0) is 82.5 Å². The zero-order valence-electron chi connectivity index (χ0n) is 23.8. The maximum atomic E-state index is 7.03. The molecule has 34 heavy (non-hydrogen) atoms. The summed E-state index contributed by atoms with van der Waals surface area (Å²) in [6.07, 6.45) is 4.51. The lowest BCUT2D eigenvalue weighted by atomic mass is 10.2. The van der Waals surface area contributed by atoms with Crippen LogP contribution in [0.15, 0.2) is 42.6 Å². The van der Waals surface area contributed by atoms with E-state index in [4.69, 9.17) is 16.5 Å². The number of benzene rings is 1. The molecule has 0 aliphatic rings. The predicted octanol–water partition coefficient (Wildman–Crippen LogP) is 8.49. The molecule has 0 radical (unpaired) electrons. The van der Waals surface area contributed by atoms with Crippen LogP contribution in [-0.2, 0) is 22.9 Å². The van der Waals surface area contributed by atoms with Crippen LogP contribution in [0.4, 0.5) is 0 Å². The molecule has 0 saturated carbocycles. The van der Waals surface area contributed by atoms with E-state index in [1.54, 1.807) is 0 Å². The molecule has 2 atom stereocenters. The van der Waals surface area contributed by atoms with Crippen LogP contribution < -0.4 is 0 Å². The van der Waals surface area contributed by atoms with Gasteiger partial charge in [-0.2, -0.15) is 0 Å². The molecule has 4 nitrogen and oxygen atoms in total. The Kier molecular flexibility index (Phi) is 12.6. The van der Waals surface area contributed by atoms with Crippen LogP contribution >= 0.6 is 0 Å². The number of rotatable bonds is 17. The fourth-order valence-electron chi connectivity index (χ4n) is 4.74. The molecule has 1 rings (SSSR count). The van der Waals surface area contributed by atoms with Crippen LogP contribution in [0.5, 0.6) is 0 Å². The zero-order chi connectivity index (χ0) is 26.1. The minimum atomic E-state index is -2.70. The summed E-state index contributed by atoms with van der Waals surface area (Å²) in [7, 11) is -11.3. The summed E-state index contributed by atoms with van der Waals surface area (Å²) in [5, 5.41) is 0. The van der Waals surface area contributed by atoms with Crippen molar-refractivity contribution in [1.29, 1.82) is 0 Å². The average Bonchev–Trinajstić information content (AvgIpc) is 2.69. The SMILES string of the molecule is C=C[Si](C)(O[Si](C)(C)O[Si](C)(C)CCCC)O[Si](C)(CCc1ccccc1)O[Si](C)(C)CCC. The van der Waals surface area contributed by atoms with Crippen LogP contribution in [-0.4, -0.2) is 42.3 Å². The Morgan fingerprint density at radius 2 is 1.29 bits per heavy atom. The molecule has 0 fully saturated rings.